The highest BCUT2D eigenvalue weighted by atomic mass is 19.1. The monoisotopic (exact) mass is 259 g/mol. The van der Waals surface area contributed by atoms with Crippen LogP contribution in [0.25, 0.3) is 10.9 Å². The fourth-order valence-electron chi connectivity index (χ4n) is 2.74. The Kier molecular flexibility index (Phi) is 3.32. The van der Waals surface area contributed by atoms with Crippen molar-refractivity contribution in [3.8, 4) is 0 Å². The molecular weight excluding hydrogens is 241 g/mol. The van der Waals surface area contributed by atoms with Crippen LogP contribution in [-0.4, -0.2) is 16.0 Å². The van der Waals surface area contributed by atoms with Crippen molar-refractivity contribution in [2.45, 2.75) is 45.1 Å². The summed E-state index contributed by atoms with van der Waals surface area (Å²) in [6, 6.07) is 3.80. The predicted octanol–water partition coefficient (Wildman–Crippen LogP) is 3.82. The van der Waals surface area contributed by atoms with E-state index in [0.29, 0.717) is 17.1 Å². The van der Waals surface area contributed by atoms with E-state index in [-0.39, 0.29) is 5.82 Å². The first-order valence-electron chi connectivity index (χ1n) is 6.91. The topological polar surface area (TPSA) is 37.8 Å². The van der Waals surface area contributed by atoms with Gasteiger partial charge in [-0.15, -0.1) is 0 Å². The predicted molar refractivity (Wildman–Crippen MR) is 74.7 cm³/mol. The van der Waals surface area contributed by atoms with Crippen LogP contribution in [0.1, 0.15) is 37.7 Å². The Hall–Kier alpha value is -1.71. The Balaban J connectivity index is 1.96. The van der Waals surface area contributed by atoms with Crippen molar-refractivity contribution in [1.82, 2.24) is 9.97 Å². The second-order valence-electron chi connectivity index (χ2n) is 5.32. The number of aromatic nitrogens is 2. The molecule has 1 aromatic heterocycles. The van der Waals surface area contributed by atoms with Crippen molar-refractivity contribution in [3.63, 3.8) is 0 Å². The van der Waals surface area contributed by atoms with Gasteiger partial charge in [0.1, 0.15) is 18.0 Å². The molecule has 3 nitrogen and oxygen atoms in total. The molecule has 1 aromatic carbocycles. The van der Waals surface area contributed by atoms with Crippen LogP contribution >= 0.6 is 0 Å². The molecule has 0 unspecified atom stereocenters. The molecule has 0 spiro atoms. The van der Waals surface area contributed by atoms with Gasteiger partial charge in [0, 0.05) is 17.5 Å². The average Bonchev–Trinajstić information content (AvgIpc) is 2.42. The van der Waals surface area contributed by atoms with Gasteiger partial charge in [-0.3, -0.25) is 0 Å². The Bertz CT molecular complexity index is 591. The lowest BCUT2D eigenvalue weighted by atomic mass is 9.95. The number of hydrogen-bond acceptors (Lipinski definition) is 3. The summed E-state index contributed by atoms with van der Waals surface area (Å²) in [4.78, 5) is 8.47. The zero-order valence-electron chi connectivity index (χ0n) is 11.1. The molecule has 0 aliphatic heterocycles. The minimum atomic E-state index is -0.213. The maximum atomic E-state index is 13.6. The highest BCUT2D eigenvalue weighted by Crippen LogP contribution is 2.26. The average molecular weight is 259 g/mol. The lowest BCUT2D eigenvalue weighted by Crippen LogP contribution is -2.23. The molecule has 19 heavy (non-hydrogen) atoms. The van der Waals surface area contributed by atoms with Gasteiger partial charge in [0.15, 0.2) is 0 Å². The Morgan fingerprint density at radius 2 is 1.95 bits per heavy atom. The largest absolute Gasteiger partial charge is 0.367 e. The van der Waals surface area contributed by atoms with E-state index in [0.717, 1.165) is 11.2 Å². The van der Waals surface area contributed by atoms with E-state index >= 15 is 0 Å². The molecule has 1 saturated carbocycles. The molecule has 100 valence electrons. The van der Waals surface area contributed by atoms with Crippen LogP contribution in [0, 0.1) is 12.7 Å². The number of fused-ring (bicyclic) bond motifs is 1. The fraction of sp³-hybridized carbons (Fsp3) is 0.467. The number of aryl methyl sites for hydroxylation is 1. The number of hydrogen-bond donors (Lipinski definition) is 1. The summed E-state index contributed by atoms with van der Waals surface area (Å²) in [5.41, 5.74) is 1.30. The summed E-state index contributed by atoms with van der Waals surface area (Å²) in [6.45, 7) is 1.77. The lowest BCUT2D eigenvalue weighted by molar-refractivity contribution is 0.462. The van der Waals surface area contributed by atoms with E-state index < -0.39 is 0 Å². The number of nitrogens with one attached hydrogen (secondary N) is 1. The van der Waals surface area contributed by atoms with Gasteiger partial charge in [-0.25, -0.2) is 14.4 Å². The summed E-state index contributed by atoms with van der Waals surface area (Å²) in [6.07, 6.45) is 7.75. The van der Waals surface area contributed by atoms with E-state index in [1.165, 1.54) is 44.5 Å². The lowest BCUT2D eigenvalue weighted by Gasteiger charge is -2.23. The van der Waals surface area contributed by atoms with Gasteiger partial charge in [0.25, 0.3) is 0 Å². The molecule has 0 radical (unpaired) electrons. The number of anilines is 1. The molecular formula is C15H18FN3. The summed E-state index contributed by atoms with van der Waals surface area (Å²) in [7, 11) is 0. The highest BCUT2D eigenvalue weighted by molar-refractivity contribution is 5.89. The Morgan fingerprint density at radius 1 is 1.16 bits per heavy atom. The van der Waals surface area contributed by atoms with E-state index in [1.54, 1.807) is 6.92 Å². The molecule has 3 rings (SSSR count). The van der Waals surface area contributed by atoms with Gasteiger partial charge in [-0.1, -0.05) is 19.3 Å². The minimum Gasteiger partial charge on any atom is -0.367 e. The van der Waals surface area contributed by atoms with Crippen LogP contribution in [0.5, 0.6) is 0 Å². The van der Waals surface area contributed by atoms with Gasteiger partial charge in [-0.2, -0.15) is 0 Å². The standard InChI is InChI=1S/C15H18FN3/c1-10-7-12-14(8-13(10)16)17-9-18-15(12)19-11-5-3-2-4-6-11/h7-9,11H,2-6H2,1H3,(H,17,18,19). The number of nitrogens with zero attached hydrogens (tertiary/aromatic N) is 2. The number of benzene rings is 1. The van der Waals surface area contributed by atoms with E-state index in [1.807, 2.05) is 6.07 Å². The van der Waals surface area contributed by atoms with Crippen molar-refractivity contribution >= 4 is 16.7 Å². The van der Waals surface area contributed by atoms with Crippen LogP contribution in [-0.2, 0) is 0 Å². The third-order valence-corrected chi connectivity index (χ3v) is 3.86. The first kappa shape index (κ1) is 12.3. The molecule has 1 N–H and O–H groups in total. The molecule has 4 heteroatoms. The number of halogens is 1. The van der Waals surface area contributed by atoms with Crippen LogP contribution < -0.4 is 5.32 Å². The van der Waals surface area contributed by atoms with Crippen molar-refractivity contribution in [1.29, 1.82) is 0 Å². The second-order valence-corrected chi connectivity index (χ2v) is 5.32. The summed E-state index contributed by atoms with van der Waals surface area (Å²) in [5, 5.41) is 4.41. The van der Waals surface area contributed by atoms with Gasteiger partial charge >= 0.3 is 0 Å². The molecule has 0 atom stereocenters. The highest BCUT2D eigenvalue weighted by Gasteiger charge is 2.15. The third kappa shape index (κ3) is 2.53. The summed E-state index contributed by atoms with van der Waals surface area (Å²) < 4.78 is 13.6. The molecule has 1 heterocycles. The van der Waals surface area contributed by atoms with Crippen LogP contribution in [0.4, 0.5) is 10.2 Å². The zero-order valence-corrected chi connectivity index (χ0v) is 11.1. The first-order valence-corrected chi connectivity index (χ1v) is 6.91. The smallest absolute Gasteiger partial charge is 0.137 e. The van der Waals surface area contributed by atoms with Crippen LogP contribution in [0.15, 0.2) is 18.5 Å². The maximum absolute atomic E-state index is 13.6. The van der Waals surface area contributed by atoms with E-state index in [2.05, 4.69) is 15.3 Å². The maximum Gasteiger partial charge on any atom is 0.137 e. The summed E-state index contributed by atoms with van der Waals surface area (Å²) in [5.74, 6) is 0.620. The number of rotatable bonds is 2. The SMILES string of the molecule is Cc1cc2c(NC3CCCCC3)ncnc2cc1F. The van der Waals surface area contributed by atoms with Crippen molar-refractivity contribution in [3.05, 3.63) is 29.8 Å². The van der Waals surface area contributed by atoms with E-state index in [4.69, 9.17) is 0 Å². The Morgan fingerprint density at radius 3 is 2.74 bits per heavy atom. The quantitative estimate of drug-likeness (QED) is 0.890. The summed E-state index contributed by atoms with van der Waals surface area (Å²) >= 11 is 0. The molecule has 0 saturated heterocycles. The molecule has 0 amide bonds. The Labute approximate surface area is 112 Å². The van der Waals surface area contributed by atoms with E-state index in [9.17, 15) is 4.39 Å². The van der Waals surface area contributed by atoms with Gasteiger partial charge in [0.2, 0.25) is 0 Å². The van der Waals surface area contributed by atoms with Crippen LogP contribution in [0.3, 0.4) is 0 Å². The second kappa shape index (κ2) is 5.11. The van der Waals surface area contributed by atoms with Crippen molar-refractivity contribution < 1.29 is 4.39 Å². The van der Waals surface area contributed by atoms with Crippen molar-refractivity contribution in [2.75, 3.05) is 5.32 Å². The third-order valence-electron chi connectivity index (χ3n) is 3.86. The molecule has 1 fully saturated rings. The molecule has 1 aliphatic carbocycles. The van der Waals surface area contributed by atoms with Crippen LogP contribution in [0.2, 0.25) is 0 Å². The first-order chi connectivity index (χ1) is 9.24. The van der Waals surface area contributed by atoms with Gasteiger partial charge < -0.3 is 5.32 Å². The molecule has 1 aliphatic rings. The van der Waals surface area contributed by atoms with Gasteiger partial charge in [-0.05, 0) is 31.4 Å². The normalized spacial score (nSPS) is 16.7. The minimum absolute atomic E-state index is 0.213. The van der Waals surface area contributed by atoms with Gasteiger partial charge in [0.05, 0.1) is 5.52 Å². The van der Waals surface area contributed by atoms with Crippen molar-refractivity contribution in [2.24, 2.45) is 0 Å². The molecule has 2 aromatic rings. The zero-order chi connectivity index (χ0) is 13.2. The molecule has 0 bridgehead atoms. The fourth-order valence-corrected chi connectivity index (χ4v) is 2.74.